The van der Waals surface area contributed by atoms with Crippen LogP contribution in [0.3, 0.4) is 0 Å². The van der Waals surface area contributed by atoms with E-state index in [0.29, 0.717) is 22.7 Å². The summed E-state index contributed by atoms with van der Waals surface area (Å²) in [6, 6.07) is 11.4. The van der Waals surface area contributed by atoms with Crippen LogP contribution in [0.4, 0.5) is 0 Å². The first-order chi connectivity index (χ1) is 12.1. The average molecular weight is 509 g/mol. The Balaban J connectivity index is 0.00000338. The number of hydrogen-bond acceptors (Lipinski definition) is 3. The second-order valence-corrected chi connectivity index (χ2v) is 6.22. The number of methoxy groups -OCH3 is 1. The maximum absolute atomic E-state index is 6.05. The van der Waals surface area contributed by atoms with Gasteiger partial charge in [-0.1, -0.05) is 41.4 Å². The molecule has 0 saturated carbocycles. The van der Waals surface area contributed by atoms with Crippen molar-refractivity contribution in [3.63, 3.8) is 0 Å². The van der Waals surface area contributed by atoms with Crippen molar-refractivity contribution in [2.45, 2.75) is 12.5 Å². The molecule has 1 unspecified atom stereocenters. The van der Waals surface area contributed by atoms with Gasteiger partial charge in [-0.05, 0) is 35.7 Å². The molecule has 2 rings (SSSR count). The number of guanidine groups is 1. The number of aliphatic imine (C=N–C) groups is 1. The molecule has 2 N–H and O–H groups in total. The number of rotatable bonds is 7. The third kappa shape index (κ3) is 7.65. The van der Waals surface area contributed by atoms with Gasteiger partial charge in [-0.2, -0.15) is 0 Å². The van der Waals surface area contributed by atoms with E-state index >= 15 is 0 Å². The van der Waals surface area contributed by atoms with E-state index in [1.54, 1.807) is 26.4 Å². The minimum absolute atomic E-state index is 0. The fraction of sp³-hybridized carbons (Fsp3) is 0.333. The van der Waals surface area contributed by atoms with E-state index in [-0.39, 0.29) is 30.1 Å². The highest BCUT2D eigenvalue weighted by Crippen LogP contribution is 2.19. The minimum atomic E-state index is -0.113. The Morgan fingerprint density at radius 3 is 2.65 bits per heavy atom. The molecular weight excluding hydrogens is 486 g/mol. The predicted molar refractivity (Wildman–Crippen MR) is 119 cm³/mol. The fourth-order valence-corrected chi connectivity index (χ4v) is 2.64. The summed E-state index contributed by atoms with van der Waals surface area (Å²) in [5, 5.41) is 7.73. The molecule has 1 aromatic carbocycles. The van der Waals surface area contributed by atoms with Gasteiger partial charge in [0.15, 0.2) is 5.96 Å². The summed E-state index contributed by atoms with van der Waals surface area (Å²) in [6.45, 7) is 1.32. The summed E-state index contributed by atoms with van der Waals surface area (Å²) in [5.41, 5.74) is 2.13. The first-order valence-corrected chi connectivity index (χ1v) is 8.71. The van der Waals surface area contributed by atoms with Crippen molar-refractivity contribution in [1.82, 2.24) is 15.6 Å². The van der Waals surface area contributed by atoms with Crippen molar-refractivity contribution in [2.24, 2.45) is 4.99 Å². The number of nitrogens with zero attached hydrogens (tertiary/aromatic N) is 2. The SMILES string of the molecule is CN=C(NCCc1ccc(Cl)nc1)NCC(OC)c1cccc(Cl)c1.I. The van der Waals surface area contributed by atoms with E-state index in [0.717, 1.165) is 24.1 Å². The maximum atomic E-state index is 6.05. The topological polar surface area (TPSA) is 58.5 Å². The molecule has 0 fully saturated rings. The third-order valence-electron chi connectivity index (χ3n) is 3.68. The zero-order valence-electron chi connectivity index (χ0n) is 14.7. The van der Waals surface area contributed by atoms with Crippen LogP contribution in [0.15, 0.2) is 47.6 Å². The zero-order valence-corrected chi connectivity index (χ0v) is 18.5. The highest BCUT2D eigenvalue weighted by atomic mass is 127. The van der Waals surface area contributed by atoms with Gasteiger partial charge in [0.05, 0.1) is 6.10 Å². The molecule has 8 heteroatoms. The Labute approximate surface area is 181 Å². The Kier molecular flexibility index (Phi) is 10.9. The lowest BCUT2D eigenvalue weighted by Crippen LogP contribution is -2.40. The summed E-state index contributed by atoms with van der Waals surface area (Å²) in [6.07, 6.45) is 2.49. The van der Waals surface area contributed by atoms with Gasteiger partial charge in [-0.3, -0.25) is 4.99 Å². The van der Waals surface area contributed by atoms with Gasteiger partial charge in [-0.25, -0.2) is 4.98 Å². The number of ether oxygens (including phenoxy) is 1. The Hall–Kier alpha value is -1.09. The summed E-state index contributed by atoms with van der Waals surface area (Å²) < 4.78 is 5.55. The van der Waals surface area contributed by atoms with E-state index in [1.807, 2.05) is 30.3 Å². The van der Waals surface area contributed by atoms with Gasteiger partial charge >= 0.3 is 0 Å². The first-order valence-electron chi connectivity index (χ1n) is 7.95. The summed E-state index contributed by atoms with van der Waals surface area (Å²) in [5.74, 6) is 0.714. The molecule has 1 heterocycles. The van der Waals surface area contributed by atoms with E-state index in [2.05, 4.69) is 20.6 Å². The summed E-state index contributed by atoms with van der Waals surface area (Å²) in [7, 11) is 3.41. The van der Waals surface area contributed by atoms with Gasteiger partial charge in [0.1, 0.15) is 5.15 Å². The second kappa shape index (κ2) is 12.3. The summed E-state index contributed by atoms with van der Waals surface area (Å²) in [4.78, 5) is 8.30. The number of nitrogens with one attached hydrogen (secondary N) is 2. The van der Waals surface area contributed by atoms with Crippen LogP contribution >= 0.6 is 47.2 Å². The normalized spacial score (nSPS) is 12.2. The number of aromatic nitrogens is 1. The zero-order chi connectivity index (χ0) is 18.1. The number of benzene rings is 1. The largest absolute Gasteiger partial charge is 0.375 e. The van der Waals surface area contributed by atoms with Crippen molar-refractivity contribution in [1.29, 1.82) is 0 Å². The monoisotopic (exact) mass is 508 g/mol. The highest BCUT2D eigenvalue weighted by Gasteiger charge is 2.11. The van der Waals surface area contributed by atoms with E-state index < -0.39 is 0 Å². The van der Waals surface area contributed by atoms with Gasteiger partial charge in [0.25, 0.3) is 0 Å². The van der Waals surface area contributed by atoms with Gasteiger partial charge in [-0.15, -0.1) is 24.0 Å². The van der Waals surface area contributed by atoms with Crippen LogP contribution in [0.25, 0.3) is 0 Å². The van der Waals surface area contributed by atoms with Crippen molar-refractivity contribution in [3.05, 3.63) is 63.9 Å². The molecule has 142 valence electrons. The average Bonchev–Trinajstić information content (AvgIpc) is 2.62. The molecule has 0 bridgehead atoms. The maximum Gasteiger partial charge on any atom is 0.191 e. The first kappa shape index (κ1) is 23.0. The van der Waals surface area contributed by atoms with Crippen molar-refractivity contribution >= 4 is 53.1 Å². The summed E-state index contributed by atoms with van der Waals surface area (Å²) >= 11 is 11.8. The van der Waals surface area contributed by atoms with Crippen LogP contribution in [-0.4, -0.2) is 38.2 Å². The molecule has 0 aliphatic heterocycles. The number of hydrogen-bond donors (Lipinski definition) is 2. The van der Waals surface area contributed by atoms with Gasteiger partial charge in [0, 0.05) is 38.5 Å². The van der Waals surface area contributed by atoms with Gasteiger partial charge < -0.3 is 15.4 Å². The Morgan fingerprint density at radius 1 is 1.23 bits per heavy atom. The number of halogens is 3. The molecule has 0 aliphatic carbocycles. The predicted octanol–water partition coefficient (Wildman–Crippen LogP) is 4.10. The molecule has 0 amide bonds. The molecule has 0 radical (unpaired) electrons. The fourth-order valence-electron chi connectivity index (χ4n) is 2.33. The lowest BCUT2D eigenvalue weighted by atomic mass is 10.1. The van der Waals surface area contributed by atoms with Crippen LogP contribution in [0.2, 0.25) is 10.2 Å². The van der Waals surface area contributed by atoms with Crippen molar-refractivity contribution < 1.29 is 4.74 Å². The minimum Gasteiger partial charge on any atom is -0.375 e. The van der Waals surface area contributed by atoms with E-state index in [4.69, 9.17) is 27.9 Å². The molecule has 5 nitrogen and oxygen atoms in total. The molecular formula is C18H23Cl2IN4O. The molecule has 26 heavy (non-hydrogen) atoms. The van der Waals surface area contributed by atoms with Gasteiger partial charge in [0.2, 0.25) is 0 Å². The standard InChI is InChI=1S/C18H22Cl2N4O.HI/c1-21-18(22-9-8-13-6-7-17(20)23-11-13)24-12-16(25-2)14-4-3-5-15(19)10-14;/h3-7,10-11,16H,8-9,12H2,1-2H3,(H2,21,22,24);1H. The highest BCUT2D eigenvalue weighted by molar-refractivity contribution is 14.0. The molecule has 0 saturated heterocycles. The van der Waals surface area contributed by atoms with Crippen molar-refractivity contribution in [2.75, 3.05) is 27.2 Å². The molecule has 0 spiro atoms. The van der Waals surface area contributed by atoms with Crippen LogP contribution in [0.1, 0.15) is 17.2 Å². The molecule has 1 aromatic heterocycles. The number of pyridine rings is 1. The molecule has 1 atom stereocenters. The molecule has 2 aromatic rings. The van der Waals surface area contributed by atoms with E-state index in [9.17, 15) is 0 Å². The lowest BCUT2D eigenvalue weighted by Gasteiger charge is -2.19. The van der Waals surface area contributed by atoms with Crippen LogP contribution in [0.5, 0.6) is 0 Å². The van der Waals surface area contributed by atoms with Crippen LogP contribution in [0, 0.1) is 0 Å². The smallest absolute Gasteiger partial charge is 0.191 e. The quantitative estimate of drug-likeness (QED) is 0.256. The second-order valence-electron chi connectivity index (χ2n) is 5.40. The Bertz CT molecular complexity index is 698. The van der Waals surface area contributed by atoms with Crippen LogP contribution < -0.4 is 10.6 Å². The Morgan fingerprint density at radius 2 is 2.04 bits per heavy atom. The molecule has 0 aliphatic rings. The van der Waals surface area contributed by atoms with Crippen molar-refractivity contribution in [3.8, 4) is 0 Å². The van der Waals surface area contributed by atoms with Crippen LogP contribution in [-0.2, 0) is 11.2 Å². The lowest BCUT2D eigenvalue weighted by molar-refractivity contribution is 0.106. The van der Waals surface area contributed by atoms with E-state index in [1.165, 1.54) is 0 Å². The third-order valence-corrected chi connectivity index (χ3v) is 4.14.